The van der Waals surface area contributed by atoms with Crippen molar-refractivity contribution in [1.29, 1.82) is 0 Å². The lowest BCUT2D eigenvalue weighted by molar-refractivity contribution is 0.0376. The van der Waals surface area contributed by atoms with E-state index in [1.54, 1.807) is 10.6 Å². The van der Waals surface area contributed by atoms with E-state index in [9.17, 15) is 8.42 Å². The van der Waals surface area contributed by atoms with Crippen LogP contribution < -0.4 is 10.6 Å². The minimum absolute atomic E-state index is 0. The van der Waals surface area contributed by atoms with Gasteiger partial charge in [0, 0.05) is 45.2 Å². The van der Waals surface area contributed by atoms with Gasteiger partial charge >= 0.3 is 0 Å². The van der Waals surface area contributed by atoms with Crippen molar-refractivity contribution >= 4 is 40.0 Å². The number of nitrogens with one attached hydrogen (secondary N) is 2. The summed E-state index contributed by atoms with van der Waals surface area (Å²) in [5.74, 6) is 1.65. The maximum absolute atomic E-state index is 12.0. The minimum Gasteiger partial charge on any atom is -0.469 e. The molecule has 2 N–H and O–H groups in total. The molecular weight excluding hydrogens is 533 g/mol. The quantitative estimate of drug-likeness (QED) is 0.189. The van der Waals surface area contributed by atoms with Gasteiger partial charge in [0.1, 0.15) is 5.76 Å². The molecule has 2 aliphatic rings. The van der Waals surface area contributed by atoms with Crippen LogP contribution in [0.15, 0.2) is 27.8 Å². The molecule has 178 valence electrons. The van der Waals surface area contributed by atoms with Gasteiger partial charge in [-0.15, -0.1) is 24.0 Å². The molecule has 2 saturated heterocycles. The Morgan fingerprint density at radius 1 is 1.23 bits per heavy atom. The average Bonchev–Trinajstić information content (AvgIpc) is 3.41. The Hall–Kier alpha value is -0.890. The van der Waals surface area contributed by atoms with Gasteiger partial charge in [0.25, 0.3) is 0 Å². The van der Waals surface area contributed by atoms with Crippen molar-refractivity contribution in [3.63, 3.8) is 0 Å². The van der Waals surface area contributed by atoms with Gasteiger partial charge in [0.05, 0.1) is 32.3 Å². The number of guanidine groups is 1. The first-order valence-electron chi connectivity index (χ1n) is 10.8. The topological polar surface area (TPSA) is 99.4 Å². The van der Waals surface area contributed by atoms with E-state index in [2.05, 4.69) is 15.5 Å². The van der Waals surface area contributed by atoms with Gasteiger partial charge in [-0.3, -0.25) is 9.89 Å². The van der Waals surface area contributed by atoms with E-state index >= 15 is 0 Å². The zero-order valence-corrected chi connectivity index (χ0v) is 21.4. The number of sulfonamides is 1. The zero-order chi connectivity index (χ0) is 21.2. The SMILES string of the molecule is CS(=O)(=O)N1CCC[C@@H]1CN=C(NCCCN1CCOCC1)NCCc1ccco1.I. The van der Waals surface area contributed by atoms with Crippen LogP contribution in [-0.4, -0.2) is 94.9 Å². The first-order chi connectivity index (χ1) is 14.5. The predicted molar refractivity (Wildman–Crippen MR) is 133 cm³/mol. The van der Waals surface area contributed by atoms with Gasteiger partial charge < -0.3 is 19.8 Å². The summed E-state index contributed by atoms with van der Waals surface area (Å²) in [5.41, 5.74) is 0. The molecule has 1 atom stereocenters. The first kappa shape index (κ1) is 26.4. The molecule has 3 rings (SSSR count). The Labute approximate surface area is 203 Å². The fourth-order valence-corrected chi connectivity index (χ4v) is 5.07. The van der Waals surface area contributed by atoms with Crippen LogP contribution >= 0.6 is 24.0 Å². The summed E-state index contributed by atoms with van der Waals surface area (Å²) in [6.45, 7) is 7.20. The lowest BCUT2D eigenvalue weighted by Crippen LogP contribution is -2.42. The molecule has 3 heterocycles. The van der Waals surface area contributed by atoms with Crippen molar-refractivity contribution in [2.75, 3.05) is 65.3 Å². The highest BCUT2D eigenvalue weighted by atomic mass is 127. The third kappa shape index (κ3) is 9.24. The van der Waals surface area contributed by atoms with Crippen LogP contribution in [0.2, 0.25) is 0 Å². The Kier molecular flexibility index (Phi) is 11.6. The summed E-state index contributed by atoms with van der Waals surface area (Å²) in [6, 6.07) is 3.78. The lowest BCUT2D eigenvalue weighted by atomic mass is 10.2. The minimum atomic E-state index is -3.18. The second kappa shape index (κ2) is 13.6. The molecule has 2 aliphatic heterocycles. The monoisotopic (exact) mass is 569 g/mol. The second-order valence-corrected chi connectivity index (χ2v) is 9.78. The molecule has 31 heavy (non-hydrogen) atoms. The Balaban J connectivity index is 0.00000341. The van der Waals surface area contributed by atoms with Crippen LogP contribution in [-0.2, 0) is 21.2 Å². The molecule has 0 amide bonds. The first-order valence-corrected chi connectivity index (χ1v) is 12.7. The number of nitrogens with zero attached hydrogens (tertiary/aromatic N) is 3. The van der Waals surface area contributed by atoms with Crippen molar-refractivity contribution in [3.05, 3.63) is 24.2 Å². The number of hydrogen-bond acceptors (Lipinski definition) is 6. The molecule has 1 aromatic heterocycles. The number of aliphatic imine (C=N–C) groups is 1. The van der Waals surface area contributed by atoms with Gasteiger partial charge in [-0.05, 0) is 37.9 Å². The summed E-state index contributed by atoms with van der Waals surface area (Å²) in [5, 5.41) is 6.75. The summed E-state index contributed by atoms with van der Waals surface area (Å²) >= 11 is 0. The van der Waals surface area contributed by atoms with Gasteiger partial charge in [0.15, 0.2) is 5.96 Å². The summed E-state index contributed by atoms with van der Waals surface area (Å²) in [7, 11) is -3.18. The molecule has 9 nitrogen and oxygen atoms in total. The molecule has 0 aromatic carbocycles. The third-order valence-corrected chi connectivity index (χ3v) is 6.83. The fourth-order valence-electron chi connectivity index (χ4n) is 3.89. The van der Waals surface area contributed by atoms with Gasteiger partial charge in [-0.1, -0.05) is 0 Å². The maximum atomic E-state index is 12.0. The number of morpholine rings is 1. The van der Waals surface area contributed by atoms with E-state index in [0.29, 0.717) is 19.6 Å². The van der Waals surface area contributed by atoms with Crippen LogP contribution in [0, 0.1) is 0 Å². The molecule has 11 heteroatoms. The van der Waals surface area contributed by atoms with Crippen molar-refractivity contribution in [2.45, 2.75) is 31.7 Å². The van der Waals surface area contributed by atoms with Crippen LogP contribution in [0.5, 0.6) is 0 Å². The van der Waals surface area contributed by atoms with E-state index in [1.165, 1.54) is 6.26 Å². The summed E-state index contributed by atoms with van der Waals surface area (Å²) in [4.78, 5) is 7.11. The van der Waals surface area contributed by atoms with E-state index in [-0.39, 0.29) is 30.0 Å². The standard InChI is InChI=1S/C20H35N5O4S.HI/c1-30(26,27)25-11-2-5-18(25)17-23-20(22-9-7-19-6-3-14-29-19)21-8-4-10-24-12-15-28-16-13-24;/h3,6,14,18H,2,4-5,7-13,15-17H2,1H3,(H2,21,22,23);1H/t18-;/m1./s1. The number of ether oxygens (including phenoxy) is 1. The highest BCUT2D eigenvalue weighted by molar-refractivity contribution is 14.0. The van der Waals surface area contributed by atoms with E-state index in [0.717, 1.165) is 76.8 Å². The van der Waals surface area contributed by atoms with Crippen molar-refractivity contribution in [1.82, 2.24) is 19.8 Å². The fraction of sp³-hybridized carbons (Fsp3) is 0.750. The third-order valence-electron chi connectivity index (χ3n) is 5.50. The van der Waals surface area contributed by atoms with Gasteiger partial charge in [0.2, 0.25) is 10.0 Å². The maximum Gasteiger partial charge on any atom is 0.211 e. The zero-order valence-electron chi connectivity index (χ0n) is 18.3. The van der Waals surface area contributed by atoms with Crippen molar-refractivity contribution < 1.29 is 17.6 Å². The molecular formula is C20H36IN5O4S. The number of halogens is 1. The van der Waals surface area contributed by atoms with Crippen LogP contribution in [0.1, 0.15) is 25.0 Å². The van der Waals surface area contributed by atoms with Crippen LogP contribution in [0.4, 0.5) is 0 Å². The Morgan fingerprint density at radius 3 is 2.71 bits per heavy atom. The smallest absolute Gasteiger partial charge is 0.211 e. The van der Waals surface area contributed by atoms with Crippen molar-refractivity contribution in [2.24, 2.45) is 4.99 Å². The molecule has 0 aliphatic carbocycles. The highest BCUT2D eigenvalue weighted by Crippen LogP contribution is 2.20. The molecule has 0 spiro atoms. The normalized spacial score (nSPS) is 21.1. The highest BCUT2D eigenvalue weighted by Gasteiger charge is 2.31. The molecule has 2 fully saturated rings. The van der Waals surface area contributed by atoms with Gasteiger partial charge in [-0.2, -0.15) is 4.31 Å². The molecule has 0 radical (unpaired) electrons. The molecule has 0 saturated carbocycles. The second-order valence-electron chi connectivity index (χ2n) is 7.85. The van der Waals surface area contributed by atoms with Crippen LogP contribution in [0.25, 0.3) is 0 Å². The van der Waals surface area contributed by atoms with E-state index in [1.807, 2.05) is 12.1 Å². The molecule has 0 unspecified atom stereocenters. The average molecular weight is 570 g/mol. The largest absolute Gasteiger partial charge is 0.469 e. The lowest BCUT2D eigenvalue weighted by Gasteiger charge is -2.26. The van der Waals surface area contributed by atoms with Crippen molar-refractivity contribution in [3.8, 4) is 0 Å². The summed E-state index contributed by atoms with van der Waals surface area (Å²) < 4.78 is 36.3. The van der Waals surface area contributed by atoms with Crippen LogP contribution in [0.3, 0.4) is 0 Å². The van der Waals surface area contributed by atoms with Gasteiger partial charge in [-0.25, -0.2) is 8.42 Å². The number of rotatable bonds is 10. The Morgan fingerprint density at radius 2 is 2.00 bits per heavy atom. The predicted octanol–water partition coefficient (Wildman–Crippen LogP) is 1.12. The number of hydrogen-bond donors (Lipinski definition) is 2. The summed E-state index contributed by atoms with van der Waals surface area (Å²) in [6.07, 6.45) is 6.47. The Bertz CT molecular complexity index is 754. The van der Waals surface area contributed by atoms with E-state index < -0.39 is 10.0 Å². The molecule has 0 bridgehead atoms. The molecule has 1 aromatic rings. The number of furan rings is 1. The van der Waals surface area contributed by atoms with E-state index in [4.69, 9.17) is 14.1 Å².